The van der Waals surface area contributed by atoms with Crippen molar-refractivity contribution in [2.75, 3.05) is 0 Å². The van der Waals surface area contributed by atoms with E-state index in [4.69, 9.17) is 0 Å². The summed E-state index contributed by atoms with van der Waals surface area (Å²) in [6.07, 6.45) is 7.88. The summed E-state index contributed by atoms with van der Waals surface area (Å²) in [6.45, 7) is 38.3. The van der Waals surface area contributed by atoms with Gasteiger partial charge in [-0.2, -0.15) is 0 Å². The molecule has 0 radical (unpaired) electrons. The molecule has 0 saturated carbocycles. The highest BCUT2D eigenvalue weighted by Gasteiger charge is 2.54. The summed E-state index contributed by atoms with van der Waals surface area (Å²) in [7, 11) is -2.43. The van der Waals surface area contributed by atoms with Gasteiger partial charge in [-0.1, -0.05) is 209 Å². The molecule has 3 aliphatic rings. The first-order chi connectivity index (χ1) is 30.5. The molecule has 0 bridgehead atoms. The van der Waals surface area contributed by atoms with E-state index in [1.807, 2.05) is 0 Å². The van der Waals surface area contributed by atoms with Crippen LogP contribution in [0.15, 0.2) is 108 Å². The summed E-state index contributed by atoms with van der Waals surface area (Å²) < 4.78 is 0. The van der Waals surface area contributed by atoms with E-state index in [2.05, 4.69) is 242 Å². The minimum Gasteiger partial charge on any atom is -0.144 e. The molecule has 0 nitrogen and oxygen atoms in total. The van der Waals surface area contributed by atoms with Gasteiger partial charge in [0.1, 0.15) is 0 Å². The van der Waals surface area contributed by atoms with Gasteiger partial charge in [-0.3, -0.25) is 0 Å². The van der Waals surface area contributed by atoms with Crippen LogP contribution in [0.5, 0.6) is 0 Å². The van der Waals surface area contributed by atoms with E-state index in [1.54, 1.807) is 32.0 Å². The summed E-state index contributed by atoms with van der Waals surface area (Å²) in [5, 5.41) is 0. The lowest BCUT2D eigenvalue weighted by Gasteiger charge is -2.44. The van der Waals surface area contributed by atoms with Crippen LogP contribution in [-0.2, 0) is 16.2 Å². The fourth-order valence-corrected chi connectivity index (χ4v) is 21.9. The van der Waals surface area contributed by atoms with Crippen molar-refractivity contribution in [2.45, 2.75) is 150 Å². The Morgan fingerprint density at radius 3 is 1.43 bits per heavy atom. The largest absolute Gasteiger partial charge is 0.144 e. The van der Waals surface area contributed by atoms with Crippen LogP contribution in [-0.4, -0.2) is 8.07 Å². The number of aryl methyl sites for hydroxylation is 2. The van der Waals surface area contributed by atoms with Gasteiger partial charge in [0, 0.05) is 47.6 Å². The maximum absolute atomic E-state index is 2.84. The van der Waals surface area contributed by atoms with Gasteiger partial charge in [-0.15, -0.1) is 22.7 Å². The molecule has 3 aliphatic carbocycles. The molecular weight excluding hydrogens is 837 g/mol. The van der Waals surface area contributed by atoms with Gasteiger partial charge in [0.2, 0.25) is 0 Å². The average molecular weight is 909 g/mol. The van der Waals surface area contributed by atoms with Crippen molar-refractivity contribution in [3.05, 3.63) is 166 Å². The average Bonchev–Trinajstić information content (AvgIpc) is 4.02. The fourth-order valence-electron chi connectivity index (χ4n) is 11.9. The molecule has 3 heteroatoms. The molecule has 0 fully saturated rings. The monoisotopic (exact) mass is 908 g/mol. The van der Waals surface area contributed by atoms with Crippen molar-refractivity contribution in [1.82, 2.24) is 0 Å². The summed E-state index contributed by atoms with van der Waals surface area (Å²) in [4.78, 5) is 6.11. The van der Waals surface area contributed by atoms with Crippen LogP contribution in [0.3, 0.4) is 0 Å². The van der Waals surface area contributed by atoms with Crippen molar-refractivity contribution in [3.63, 3.8) is 0 Å². The molecule has 4 unspecified atom stereocenters. The lowest BCUT2D eigenvalue weighted by molar-refractivity contribution is 0.590. The number of hydrogen-bond acceptors (Lipinski definition) is 2. The van der Waals surface area contributed by atoms with E-state index >= 15 is 0 Å². The second kappa shape index (κ2) is 16.2. The first-order valence-corrected chi connectivity index (χ1v) is 28.8. The Hall–Kier alpha value is -4.28. The molecule has 0 amide bonds. The normalized spacial score (nSPS) is 19.2. The summed E-state index contributed by atoms with van der Waals surface area (Å²) in [5.41, 5.74) is 24.4. The quantitative estimate of drug-likeness (QED) is 0.134. The summed E-state index contributed by atoms with van der Waals surface area (Å²) in [5.74, 6) is 0.839. The maximum atomic E-state index is 2.84. The number of thiophene rings is 2. The predicted octanol–water partition coefficient (Wildman–Crippen LogP) is 19.0. The molecule has 0 spiro atoms. The first-order valence-electron chi connectivity index (χ1n) is 24.3. The number of benzene rings is 4. The standard InChI is InChI=1S/C62H72S2Si/c1-36(2)49-34-50-47(41-20-26-44(27-21-41)60(7,8)9)18-17-19-48(50)59(49)65(16,58-38(4)33-52-55(40(6)64-57(52)58)43-24-30-46(31-25-43)62(13,14)15)35-53-37(3)32-51-54(39(5)63-56(51)53)42-22-28-45(29-23-42)61(10,11)12/h17-34,36,53,58-59H,35H2,1-16H3. The smallest absolute Gasteiger partial charge is 0.0772 e. The lowest BCUT2D eigenvalue weighted by Crippen LogP contribution is -2.47. The molecule has 0 N–H and O–H groups in total. The minimum atomic E-state index is -2.43. The molecule has 336 valence electrons. The molecule has 4 aromatic carbocycles. The Kier molecular flexibility index (Phi) is 11.4. The van der Waals surface area contributed by atoms with E-state index in [0.717, 1.165) is 0 Å². The van der Waals surface area contributed by atoms with E-state index < -0.39 is 8.07 Å². The number of fused-ring (bicyclic) bond motifs is 3. The second-order valence-corrected chi connectivity index (χ2v) is 30.7. The van der Waals surface area contributed by atoms with Crippen molar-refractivity contribution >= 4 is 49.0 Å². The lowest BCUT2D eigenvalue weighted by atomic mass is 9.86. The Morgan fingerprint density at radius 2 is 0.954 bits per heavy atom. The molecule has 65 heavy (non-hydrogen) atoms. The second-order valence-electron chi connectivity index (χ2n) is 23.6. The topological polar surface area (TPSA) is 0 Å². The van der Waals surface area contributed by atoms with Gasteiger partial charge in [-0.05, 0) is 117 Å². The third-order valence-electron chi connectivity index (χ3n) is 15.5. The van der Waals surface area contributed by atoms with Crippen LogP contribution in [0.1, 0.15) is 165 Å². The van der Waals surface area contributed by atoms with Gasteiger partial charge >= 0.3 is 0 Å². The van der Waals surface area contributed by atoms with Gasteiger partial charge < -0.3 is 0 Å². The highest BCUT2D eigenvalue weighted by Crippen LogP contribution is 2.62. The molecule has 0 aliphatic heterocycles. The van der Waals surface area contributed by atoms with Gasteiger partial charge in [0.15, 0.2) is 0 Å². The molecule has 2 heterocycles. The zero-order valence-electron chi connectivity index (χ0n) is 42.2. The molecule has 9 rings (SSSR count). The van der Waals surface area contributed by atoms with Crippen LogP contribution >= 0.6 is 22.7 Å². The molecule has 0 saturated heterocycles. The van der Waals surface area contributed by atoms with Crippen molar-refractivity contribution in [3.8, 4) is 33.4 Å². The van der Waals surface area contributed by atoms with Crippen molar-refractivity contribution in [2.24, 2.45) is 5.92 Å². The third-order valence-corrected chi connectivity index (χ3v) is 23.4. The minimum absolute atomic E-state index is 0.118. The van der Waals surface area contributed by atoms with Gasteiger partial charge in [-0.25, -0.2) is 0 Å². The number of allylic oxidation sites excluding steroid dienone is 3. The van der Waals surface area contributed by atoms with Crippen LogP contribution in [0.4, 0.5) is 0 Å². The van der Waals surface area contributed by atoms with Crippen LogP contribution in [0.25, 0.3) is 51.6 Å². The maximum Gasteiger partial charge on any atom is 0.0772 e. The molecule has 2 aromatic heterocycles. The van der Waals surface area contributed by atoms with E-state index in [0.29, 0.717) is 22.9 Å². The molecular formula is C62H72S2Si. The third kappa shape index (κ3) is 7.90. The fraction of sp³-hybridized carbons (Fsp3) is 0.387. The van der Waals surface area contributed by atoms with Crippen LogP contribution < -0.4 is 0 Å². The zero-order chi connectivity index (χ0) is 46.7. The van der Waals surface area contributed by atoms with E-state index in [-0.39, 0.29) is 16.2 Å². The van der Waals surface area contributed by atoms with Crippen LogP contribution in [0, 0.1) is 19.8 Å². The number of rotatable bonds is 8. The van der Waals surface area contributed by atoms with Crippen molar-refractivity contribution < 1.29 is 0 Å². The zero-order valence-corrected chi connectivity index (χ0v) is 44.9. The number of hydrogen-bond donors (Lipinski definition) is 0. The van der Waals surface area contributed by atoms with Gasteiger partial charge in [0.25, 0.3) is 0 Å². The predicted molar refractivity (Wildman–Crippen MR) is 292 cm³/mol. The summed E-state index contributed by atoms with van der Waals surface area (Å²) >= 11 is 4.18. The van der Waals surface area contributed by atoms with Gasteiger partial charge in [0.05, 0.1) is 8.07 Å². The molecule has 6 aromatic rings. The summed E-state index contributed by atoms with van der Waals surface area (Å²) in [6, 6.07) is 37.0. The SMILES string of the molecule is CC1=Cc2c(sc(C)c2-c2ccc(C(C)(C)C)cc2)C1C[Si](C)(C1C(C(C)C)=Cc2c(-c3ccc(C(C)(C)C)cc3)cccc21)C1C(C)=Cc2c1sc(C)c2-c1ccc(C(C)(C)C)cc1. The highest BCUT2D eigenvalue weighted by atomic mass is 32.1. The first kappa shape index (κ1) is 45.9. The Balaban J connectivity index is 1.21. The van der Waals surface area contributed by atoms with Crippen molar-refractivity contribution in [1.29, 1.82) is 0 Å². The molecule has 4 atom stereocenters. The van der Waals surface area contributed by atoms with Crippen LogP contribution in [0.2, 0.25) is 12.6 Å². The Morgan fingerprint density at radius 1 is 0.508 bits per heavy atom. The van der Waals surface area contributed by atoms with E-state index in [1.165, 1.54) is 82.6 Å². The Bertz CT molecular complexity index is 2900. The Labute approximate surface area is 401 Å². The highest BCUT2D eigenvalue weighted by molar-refractivity contribution is 7.14. The van der Waals surface area contributed by atoms with E-state index in [9.17, 15) is 0 Å².